The zero-order valence-corrected chi connectivity index (χ0v) is 13.7. The average molecular weight is 362 g/mol. The number of ether oxygens (including phenoxy) is 4. The van der Waals surface area contributed by atoms with E-state index in [0.717, 1.165) is 0 Å². The molecule has 1 aliphatic heterocycles. The van der Waals surface area contributed by atoms with Crippen LogP contribution in [-0.4, -0.2) is 64.5 Å². The second kappa shape index (κ2) is 8.65. The molecule has 0 unspecified atom stereocenters. The van der Waals surface area contributed by atoms with E-state index in [9.17, 15) is 19.7 Å². The smallest absolute Gasteiger partial charge is 0.358 e. The molecule has 134 valence electrons. The Morgan fingerprint density at radius 1 is 1.25 bits per heavy atom. The summed E-state index contributed by atoms with van der Waals surface area (Å²) in [5, 5.41) is 29.3. The van der Waals surface area contributed by atoms with Gasteiger partial charge in [-0.1, -0.05) is 0 Å². The van der Waals surface area contributed by atoms with Crippen LogP contribution < -0.4 is 4.74 Å². The summed E-state index contributed by atoms with van der Waals surface area (Å²) >= 11 is 4.93. The topological polar surface area (TPSA) is 97.6 Å². The quantitative estimate of drug-likeness (QED) is 0.646. The van der Waals surface area contributed by atoms with Crippen LogP contribution in [0.4, 0.5) is 4.39 Å². The first-order chi connectivity index (χ1) is 11.5. The molecule has 24 heavy (non-hydrogen) atoms. The fourth-order valence-electron chi connectivity index (χ4n) is 2.23. The summed E-state index contributed by atoms with van der Waals surface area (Å²) in [5.74, 6) is -0.202. The molecule has 1 heterocycles. The number of thiocarbonyl (C=S) groups is 1. The second-order valence-electron chi connectivity index (χ2n) is 5.05. The molecule has 1 saturated heterocycles. The van der Waals surface area contributed by atoms with Gasteiger partial charge < -0.3 is 34.3 Å². The molecule has 7 nitrogen and oxygen atoms in total. The molecule has 9 heteroatoms. The minimum absolute atomic E-state index is 0.234. The van der Waals surface area contributed by atoms with E-state index in [1.165, 1.54) is 24.3 Å². The van der Waals surface area contributed by atoms with Gasteiger partial charge in [-0.15, -0.1) is 0 Å². The maximum atomic E-state index is 12.9. The van der Waals surface area contributed by atoms with Crippen LogP contribution in [0, 0.1) is 5.82 Å². The molecule has 1 aromatic carbocycles. The molecule has 3 N–H and O–H groups in total. The Hall–Kier alpha value is -1.36. The van der Waals surface area contributed by atoms with Crippen LogP contribution in [0.5, 0.6) is 5.75 Å². The molecule has 0 saturated carbocycles. The number of hydrogen-bond acceptors (Lipinski definition) is 8. The number of hydrogen-bond donors (Lipinski definition) is 3. The molecular weight excluding hydrogens is 343 g/mol. The Labute approximate surface area is 143 Å². The first-order valence-electron chi connectivity index (χ1n) is 7.34. The van der Waals surface area contributed by atoms with Gasteiger partial charge in [0.1, 0.15) is 29.9 Å². The normalized spacial score (nSPS) is 30.0. The Balaban J connectivity index is 2.03. The highest BCUT2D eigenvalue weighted by Gasteiger charge is 2.47. The summed E-state index contributed by atoms with van der Waals surface area (Å²) in [4.78, 5) is 0. The average Bonchev–Trinajstić information content (AvgIpc) is 2.56. The minimum Gasteiger partial charge on any atom is -0.447 e. The maximum Gasteiger partial charge on any atom is 0.358 e. The van der Waals surface area contributed by atoms with Crippen molar-refractivity contribution in [1.82, 2.24) is 0 Å². The van der Waals surface area contributed by atoms with Crippen LogP contribution in [0.2, 0.25) is 0 Å². The van der Waals surface area contributed by atoms with E-state index >= 15 is 0 Å². The van der Waals surface area contributed by atoms with Crippen molar-refractivity contribution in [3.8, 4) is 5.75 Å². The molecule has 0 bridgehead atoms. The van der Waals surface area contributed by atoms with Crippen LogP contribution in [-0.2, 0) is 14.2 Å². The van der Waals surface area contributed by atoms with Crippen LogP contribution in [0.15, 0.2) is 24.3 Å². The minimum atomic E-state index is -1.35. The molecule has 0 spiro atoms. The zero-order chi connectivity index (χ0) is 17.7. The third-order valence-electron chi connectivity index (χ3n) is 3.40. The van der Waals surface area contributed by atoms with E-state index in [0.29, 0.717) is 0 Å². The number of aliphatic hydroxyl groups excluding tert-OH is 3. The van der Waals surface area contributed by atoms with E-state index < -0.39 is 43.1 Å². The number of benzene rings is 1. The molecule has 0 radical (unpaired) electrons. The Kier molecular flexibility index (Phi) is 6.84. The van der Waals surface area contributed by atoms with Crippen LogP contribution in [0.3, 0.4) is 0 Å². The molecule has 0 aliphatic carbocycles. The van der Waals surface area contributed by atoms with Crippen molar-refractivity contribution in [3.05, 3.63) is 30.1 Å². The second-order valence-corrected chi connectivity index (χ2v) is 5.38. The van der Waals surface area contributed by atoms with E-state index in [4.69, 9.17) is 31.2 Å². The van der Waals surface area contributed by atoms with Gasteiger partial charge in [-0.05, 0) is 31.2 Å². The number of rotatable bonds is 5. The summed E-state index contributed by atoms with van der Waals surface area (Å²) in [7, 11) is 0. The van der Waals surface area contributed by atoms with Crippen LogP contribution >= 0.6 is 12.2 Å². The molecule has 1 fully saturated rings. The summed E-state index contributed by atoms with van der Waals surface area (Å²) < 4.78 is 33.9. The predicted molar refractivity (Wildman–Crippen MR) is 83.9 cm³/mol. The van der Waals surface area contributed by atoms with Gasteiger partial charge in [0.05, 0.1) is 6.61 Å². The van der Waals surface area contributed by atoms with Crippen molar-refractivity contribution in [2.45, 2.75) is 37.6 Å². The van der Waals surface area contributed by atoms with Gasteiger partial charge in [0, 0.05) is 18.8 Å². The van der Waals surface area contributed by atoms with Gasteiger partial charge in [-0.3, -0.25) is 0 Å². The highest BCUT2D eigenvalue weighted by Crippen LogP contribution is 2.25. The fourth-order valence-corrected chi connectivity index (χ4v) is 2.44. The molecule has 0 amide bonds. The first-order valence-corrected chi connectivity index (χ1v) is 7.75. The summed E-state index contributed by atoms with van der Waals surface area (Å²) in [5.41, 5.74) is 0. The largest absolute Gasteiger partial charge is 0.447 e. The summed E-state index contributed by atoms with van der Waals surface area (Å²) in [6, 6.07) is 5.06. The third-order valence-corrected chi connectivity index (χ3v) is 3.58. The fraction of sp³-hybridized carbons (Fsp3) is 0.533. The lowest BCUT2D eigenvalue weighted by Gasteiger charge is -2.41. The van der Waals surface area contributed by atoms with E-state index in [2.05, 4.69) is 0 Å². The highest BCUT2D eigenvalue weighted by molar-refractivity contribution is 7.79. The summed E-state index contributed by atoms with van der Waals surface area (Å²) in [6.07, 6.45) is -6.02. The number of halogens is 1. The molecule has 0 aromatic heterocycles. The van der Waals surface area contributed by atoms with E-state index in [1.54, 1.807) is 6.92 Å². The third kappa shape index (κ3) is 4.59. The maximum absolute atomic E-state index is 12.9. The van der Waals surface area contributed by atoms with Crippen molar-refractivity contribution >= 4 is 17.5 Å². The monoisotopic (exact) mass is 362 g/mol. The first kappa shape index (κ1) is 19.0. The predicted octanol–water partition coefficient (Wildman–Crippen LogP) is 0.350. The van der Waals surface area contributed by atoms with Crippen LogP contribution in [0.25, 0.3) is 0 Å². The van der Waals surface area contributed by atoms with Gasteiger partial charge in [-0.2, -0.15) is 0 Å². The Morgan fingerprint density at radius 2 is 1.92 bits per heavy atom. The van der Waals surface area contributed by atoms with E-state index in [1.807, 2.05) is 0 Å². The molecule has 5 atom stereocenters. The van der Waals surface area contributed by atoms with Gasteiger partial charge in [0.2, 0.25) is 0 Å². The molecule has 1 aromatic rings. The van der Waals surface area contributed by atoms with E-state index in [-0.39, 0.29) is 17.6 Å². The van der Waals surface area contributed by atoms with Crippen LogP contribution in [0.1, 0.15) is 6.92 Å². The Morgan fingerprint density at radius 3 is 2.50 bits per heavy atom. The lowest BCUT2D eigenvalue weighted by atomic mass is 9.99. The van der Waals surface area contributed by atoms with Crippen molar-refractivity contribution in [1.29, 1.82) is 0 Å². The Bertz CT molecular complexity index is 541. The van der Waals surface area contributed by atoms with Crippen molar-refractivity contribution in [2.75, 3.05) is 13.2 Å². The van der Waals surface area contributed by atoms with Gasteiger partial charge in [-0.25, -0.2) is 4.39 Å². The lowest BCUT2D eigenvalue weighted by Crippen LogP contribution is -2.60. The summed E-state index contributed by atoms with van der Waals surface area (Å²) in [6.45, 7) is 1.45. The lowest BCUT2D eigenvalue weighted by molar-refractivity contribution is -0.298. The van der Waals surface area contributed by atoms with Gasteiger partial charge in [0.15, 0.2) is 12.4 Å². The number of aliphatic hydroxyl groups is 3. The van der Waals surface area contributed by atoms with Crippen molar-refractivity contribution in [2.24, 2.45) is 0 Å². The molecule has 1 aliphatic rings. The SMILES string of the molecule is CCO[C@H]1O[C@H](CO)[C@H](O)[C@H](OC(=S)Oc2ccc(F)cc2)[C@H]1O. The van der Waals surface area contributed by atoms with Crippen molar-refractivity contribution in [3.63, 3.8) is 0 Å². The standard InChI is InChI=1S/C15H19FO7S/c1-2-20-14-12(19)13(11(18)10(7-17)22-14)23-15(24)21-9-5-3-8(16)4-6-9/h3-6,10-14,17-19H,2,7H2,1H3/t10-,11+,12-,13+,14+/m1/s1. The highest BCUT2D eigenvalue weighted by atomic mass is 32.1. The van der Waals surface area contributed by atoms with Crippen molar-refractivity contribution < 1.29 is 38.7 Å². The van der Waals surface area contributed by atoms with Gasteiger partial charge >= 0.3 is 5.24 Å². The van der Waals surface area contributed by atoms with Gasteiger partial charge in [0.25, 0.3) is 0 Å². The zero-order valence-electron chi connectivity index (χ0n) is 12.9. The molecular formula is C15H19FO7S. The molecule has 2 rings (SSSR count).